The maximum atomic E-state index is 9.50. The zero-order chi connectivity index (χ0) is 11.6. The smallest absolute Gasteiger partial charge is 0.0499 e. The second-order valence-corrected chi connectivity index (χ2v) is 6.11. The summed E-state index contributed by atoms with van der Waals surface area (Å²) in [4.78, 5) is 0. The maximum absolute atomic E-state index is 9.50. The van der Waals surface area contributed by atoms with E-state index in [1.807, 2.05) is 0 Å². The average Bonchev–Trinajstić information content (AvgIpc) is 3.18. The number of hydrogen-bond donors (Lipinski definition) is 2. The summed E-state index contributed by atoms with van der Waals surface area (Å²) in [7, 11) is 0. The number of rotatable bonds is 8. The summed E-state index contributed by atoms with van der Waals surface area (Å²) < 4.78 is 0. The van der Waals surface area contributed by atoms with Crippen molar-refractivity contribution in [1.29, 1.82) is 0 Å². The van der Waals surface area contributed by atoms with Crippen LogP contribution in [0.3, 0.4) is 0 Å². The highest BCUT2D eigenvalue weighted by molar-refractivity contribution is 5.05. The Balaban J connectivity index is 1.74. The van der Waals surface area contributed by atoms with Crippen LogP contribution in [0.2, 0.25) is 0 Å². The van der Waals surface area contributed by atoms with Gasteiger partial charge in [-0.15, -0.1) is 0 Å². The van der Waals surface area contributed by atoms with Crippen LogP contribution in [0.25, 0.3) is 0 Å². The molecule has 0 aliphatic heterocycles. The van der Waals surface area contributed by atoms with Crippen LogP contribution in [-0.2, 0) is 0 Å². The largest absolute Gasteiger partial charge is 0.396 e. The van der Waals surface area contributed by atoms with E-state index in [-0.39, 0.29) is 5.41 Å². The van der Waals surface area contributed by atoms with Crippen LogP contribution in [0, 0.1) is 16.7 Å². The molecule has 0 aromatic rings. The molecule has 0 heterocycles. The predicted molar refractivity (Wildman–Crippen MR) is 67.4 cm³/mol. The Hall–Kier alpha value is -0.0800. The molecule has 2 rings (SSSR count). The Kier molecular flexibility index (Phi) is 3.60. The fourth-order valence-electron chi connectivity index (χ4n) is 2.94. The molecule has 0 bridgehead atoms. The van der Waals surface area contributed by atoms with E-state index < -0.39 is 0 Å². The SMILES string of the molecule is CCC(CC)(CO)CNCC1(C2CC2)CC1. The van der Waals surface area contributed by atoms with Crippen molar-refractivity contribution in [3.05, 3.63) is 0 Å². The van der Waals surface area contributed by atoms with Gasteiger partial charge in [0.15, 0.2) is 0 Å². The van der Waals surface area contributed by atoms with Crippen LogP contribution in [0.5, 0.6) is 0 Å². The molecule has 2 fully saturated rings. The summed E-state index contributed by atoms with van der Waals surface area (Å²) in [5.41, 5.74) is 0.808. The van der Waals surface area contributed by atoms with E-state index in [1.54, 1.807) is 0 Å². The van der Waals surface area contributed by atoms with E-state index in [0.717, 1.165) is 25.3 Å². The molecule has 2 aliphatic rings. The molecule has 2 aliphatic carbocycles. The van der Waals surface area contributed by atoms with E-state index in [2.05, 4.69) is 19.2 Å². The van der Waals surface area contributed by atoms with Gasteiger partial charge in [0.25, 0.3) is 0 Å². The van der Waals surface area contributed by atoms with E-state index in [4.69, 9.17) is 0 Å². The molecule has 2 saturated carbocycles. The summed E-state index contributed by atoms with van der Waals surface area (Å²) >= 11 is 0. The third kappa shape index (κ3) is 2.43. The van der Waals surface area contributed by atoms with Gasteiger partial charge >= 0.3 is 0 Å². The second-order valence-electron chi connectivity index (χ2n) is 6.11. The van der Waals surface area contributed by atoms with Crippen LogP contribution in [0.1, 0.15) is 52.4 Å². The fourth-order valence-corrected chi connectivity index (χ4v) is 2.94. The molecular formula is C14H27NO. The Labute approximate surface area is 99.8 Å². The molecule has 2 heteroatoms. The Bertz CT molecular complexity index is 219. The van der Waals surface area contributed by atoms with Gasteiger partial charge in [-0.25, -0.2) is 0 Å². The van der Waals surface area contributed by atoms with Gasteiger partial charge in [-0.2, -0.15) is 0 Å². The topological polar surface area (TPSA) is 32.3 Å². The summed E-state index contributed by atoms with van der Waals surface area (Å²) in [6, 6.07) is 0. The van der Waals surface area contributed by atoms with Crippen molar-refractivity contribution in [2.75, 3.05) is 19.7 Å². The molecule has 0 aromatic carbocycles. The lowest BCUT2D eigenvalue weighted by molar-refractivity contribution is 0.111. The number of hydrogen-bond acceptors (Lipinski definition) is 2. The zero-order valence-corrected chi connectivity index (χ0v) is 10.9. The minimum atomic E-state index is 0.125. The molecular weight excluding hydrogens is 198 g/mol. The number of nitrogens with one attached hydrogen (secondary N) is 1. The lowest BCUT2D eigenvalue weighted by atomic mass is 9.83. The fraction of sp³-hybridized carbons (Fsp3) is 1.00. The van der Waals surface area contributed by atoms with Crippen LogP contribution < -0.4 is 5.32 Å². The number of aliphatic hydroxyl groups excluding tert-OH is 1. The molecule has 0 radical (unpaired) electrons. The van der Waals surface area contributed by atoms with Gasteiger partial charge < -0.3 is 10.4 Å². The van der Waals surface area contributed by atoms with E-state index in [0.29, 0.717) is 12.0 Å². The van der Waals surface area contributed by atoms with Crippen molar-refractivity contribution >= 4 is 0 Å². The predicted octanol–water partition coefficient (Wildman–Crippen LogP) is 2.56. The van der Waals surface area contributed by atoms with Gasteiger partial charge in [0.2, 0.25) is 0 Å². The normalized spacial score (nSPS) is 23.4. The highest BCUT2D eigenvalue weighted by Crippen LogP contribution is 2.60. The first-order chi connectivity index (χ1) is 7.70. The van der Waals surface area contributed by atoms with Crippen LogP contribution in [0.15, 0.2) is 0 Å². The van der Waals surface area contributed by atoms with Gasteiger partial charge in [-0.1, -0.05) is 13.8 Å². The van der Waals surface area contributed by atoms with Gasteiger partial charge in [-0.05, 0) is 49.9 Å². The Morgan fingerprint density at radius 1 is 1.25 bits per heavy atom. The van der Waals surface area contributed by atoms with Crippen molar-refractivity contribution in [2.24, 2.45) is 16.7 Å². The van der Waals surface area contributed by atoms with Crippen molar-refractivity contribution < 1.29 is 5.11 Å². The zero-order valence-electron chi connectivity index (χ0n) is 10.9. The highest BCUT2D eigenvalue weighted by Gasteiger charge is 2.53. The molecule has 2 N–H and O–H groups in total. The molecule has 0 amide bonds. The summed E-state index contributed by atoms with van der Waals surface area (Å²) in [5.74, 6) is 1.03. The van der Waals surface area contributed by atoms with Gasteiger partial charge in [0.05, 0.1) is 0 Å². The second kappa shape index (κ2) is 4.66. The molecule has 0 saturated heterocycles. The molecule has 94 valence electrons. The molecule has 16 heavy (non-hydrogen) atoms. The van der Waals surface area contributed by atoms with Crippen molar-refractivity contribution in [3.8, 4) is 0 Å². The van der Waals surface area contributed by atoms with E-state index in [9.17, 15) is 5.11 Å². The van der Waals surface area contributed by atoms with Crippen LogP contribution in [0.4, 0.5) is 0 Å². The first-order valence-corrected chi connectivity index (χ1v) is 7.02. The number of aliphatic hydroxyl groups is 1. The van der Waals surface area contributed by atoms with E-state index >= 15 is 0 Å². The first kappa shape index (κ1) is 12.4. The average molecular weight is 225 g/mol. The molecule has 0 spiro atoms. The lowest BCUT2D eigenvalue weighted by Crippen LogP contribution is -2.39. The van der Waals surface area contributed by atoms with Gasteiger partial charge in [0.1, 0.15) is 0 Å². The van der Waals surface area contributed by atoms with Crippen LogP contribution >= 0.6 is 0 Å². The molecule has 0 atom stereocenters. The van der Waals surface area contributed by atoms with Gasteiger partial charge in [0, 0.05) is 25.1 Å². The quantitative estimate of drug-likeness (QED) is 0.665. The lowest BCUT2D eigenvalue weighted by Gasteiger charge is -2.30. The maximum Gasteiger partial charge on any atom is 0.0499 e. The summed E-state index contributed by atoms with van der Waals surface area (Å²) in [6.45, 7) is 6.89. The molecule has 0 unspecified atom stereocenters. The van der Waals surface area contributed by atoms with Gasteiger partial charge in [-0.3, -0.25) is 0 Å². The first-order valence-electron chi connectivity index (χ1n) is 7.02. The van der Waals surface area contributed by atoms with Crippen LogP contribution in [-0.4, -0.2) is 24.8 Å². The minimum absolute atomic E-state index is 0.125. The third-order valence-electron chi connectivity index (χ3n) is 5.15. The summed E-state index contributed by atoms with van der Waals surface area (Å²) in [5, 5.41) is 13.1. The Morgan fingerprint density at radius 3 is 2.25 bits per heavy atom. The monoisotopic (exact) mass is 225 g/mol. The minimum Gasteiger partial charge on any atom is -0.396 e. The third-order valence-corrected chi connectivity index (χ3v) is 5.15. The van der Waals surface area contributed by atoms with E-state index in [1.165, 1.54) is 32.2 Å². The van der Waals surface area contributed by atoms with Crippen molar-refractivity contribution in [3.63, 3.8) is 0 Å². The highest BCUT2D eigenvalue weighted by atomic mass is 16.3. The standard InChI is InChI=1S/C14H27NO/c1-3-13(4-2,11-16)9-15-10-14(7-8-14)12-5-6-12/h12,15-16H,3-11H2,1-2H3. The van der Waals surface area contributed by atoms with Crippen molar-refractivity contribution in [1.82, 2.24) is 5.32 Å². The molecule has 0 aromatic heterocycles. The summed E-state index contributed by atoms with van der Waals surface area (Å²) in [6.07, 6.45) is 7.96. The van der Waals surface area contributed by atoms with Crippen molar-refractivity contribution in [2.45, 2.75) is 52.4 Å². The molecule has 2 nitrogen and oxygen atoms in total. The Morgan fingerprint density at radius 2 is 1.88 bits per heavy atom.